The van der Waals surface area contributed by atoms with E-state index >= 15 is 0 Å². The molecule has 1 aliphatic rings. The molecule has 1 atom stereocenters. The number of carboxylic acid groups (broad SMARTS) is 1. The lowest BCUT2D eigenvalue weighted by Gasteiger charge is -2.17. The molecular formula is C15H15N3O3. The van der Waals surface area contributed by atoms with Crippen LogP contribution >= 0.6 is 0 Å². The highest BCUT2D eigenvalue weighted by molar-refractivity contribution is 5.96. The number of hydrogen-bond acceptors (Lipinski definition) is 3. The number of anilines is 1. The summed E-state index contributed by atoms with van der Waals surface area (Å²) >= 11 is 0. The van der Waals surface area contributed by atoms with Crippen molar-refractivity contribution in [1.82, 2.24) is 9.78 Å². The first-order valence-electron chi connectivity index (χ1n) is 6.73. The summed E-state index contributed by atoms with van der Waals surface area (Å²) in [6.45, 7) is 0.562. The Bertz CT molecular complexity index is 667. The van der Waals surface area contributed by atoms with Gasteiger partial charge in [0.2, 0.25) is 5.91 Å². The number of carboxylic acids is 1. The first kappa shape index (κ1) is 13.4. The van der Waals surface area contributed by atoms with Crippen molar-refractivity contribution in [1.29, 1.82) is 0 Å². The Balaban J connectivity index is 1.83. The fraction of sp³-hybridized carbons (Fsp3) is 0.267. The summed E-state index contributed by atoms with van der Waals surface area (Å²) in [6, 6.07) is 9.24. The first-order valence-corrected chi connectivity index (χ1v) is 6.73. The molecule has 0 fully saturated rings. The molecule has 0 saturated carbocycles. The molecule has 0 spiro atoms. The van der Waals surface area contributed by atoms with Crippen molar-refractivity contribution in [3.8, 4) is 0 Å². The molecule has 108 valence electrons. The average molecular weight is 285 g/mol. The van der Waals surface area contributed by atoms with Gasteiger partial charge in [-0.15, -0.1) is 0 Å². The van der Waals surface area contributed by atoms with Gasteiger partial charge in [0.05, 0.1) is 6.42 Å². The predicted octanol–water partition coefficient (Wildman–Crippen LogP) is 1.49. The number of amides is 1. The van der Waals surface area contributed by atoms with Gasteiger partial charge in [0.15, 0.2) is 0 Å². The highest BCUT2D eigenvalue weighted by Crippen LogP contribution is 2.38. The number of fused-ring (bicyclic) bond motifs is 1. The minimum Gasteiger partial charge on any atom is -0.481 e. The molecular weight excluding hydrogens is 270 g/mol. The molecule has 1 unspecified atom stereocenters. The van der Waals surface area contributed by atoms with E-state index in [2.05, 4.69) is 5.10 Å². The lowest BCUT2D eigenvalue weighted by Crippen LogP contribution is -2.33. The van der Waals surface area contributed by atoms with Crippen LogP contribution in [0.15, 0.2) is 42.7 Å². The van der Waals surface area contributed by atoms with E-state index in [1.165, 1.54) is 0 Å². The molecule has 0 aliphatic carbocycles. The number of nitrogens with zero attached hydrogens (tertiary/aromatic N) is 3. The number of rotatable bonds is 4. The molecule has 0 radical (unpaired) electrons. The summed E-state index contributed by atoms with van der Waals surface area (Å²) in [5.41, 5.74) is 1.73. The van der Waals surface area contributed by atoms with Gasteiger partial charge >= 0.3 is 5.97 Å². The second-order valence-corrected chi connectivity index (χ2v) is 5.06. The Morgan fingerprint density at radius 3 is 2.81 bits per heavy atom. The lowest BCUT2D eigenvalue weighted by atomic mass is 9.98. The van der Waals surface area contributed by atoms with Crippen LogP contribution < -0.4 is 4.90 Å². The Labute approximate surface area is 121 Å². The van der Waals surface area contributed by atoms with Gasteiger partial charge < -0.3 is 10.0 Å². The zero-order chi connectivity index (χ0) is 14.8. The van der Waals surface area contributed by atoms with E-state index in [-0.39, 0.29) is 24.8 Å². The molecule has 1 aromatic carbocycles. The van der Waals surface area contributed by atoms with Gasteiger partial charge in [-0.25, -0.2) is 0 Å². The van der Waals surface area contributed by atoms with Gasteiger partial charge in [-0.05, 0) is 17.7 Å². The summed E-state index contributed by atoms with van der Waals surface area (Å²) in [5.74, 6) is -1.09. The molecule has 0 bridgehead atoms. The van der Waals surface area contributed by atoms with E-state index in [1.54, 1.807) is 28.0 Å². The van der Waals surface area contributed by atoms with E-state index in [4.69, 9.17) is 5.11 Å². The van der Waals surface area contributed by atoms with E-state index in [9.17, 15) is 9.59 Å². The topological polar surface area (TPSA) is 75.4 Å². The highest BCUT2D eigenvalue weighted by atomic mass is 16.4. The lowest BCUT2D eigenvalue weighted by molar-refractivity contribution is -0.137. The number of aromatic nitrogens is 2. The standard InChI is InChI=1S/C15H15N3O3/c19-14(10-17-7-3-6-16-17)18-9-11(8-15(20)21)12-4-1-2-5-13(12)18/h1-7,11H,8-10H2,(H,20,21). The minimum atomic E-state index is -0.851. The number of para-hydroxylation sites is 1. The van der Waals surface area contributed by atoms with Crippen LogP contribution in [0.3, 0.4) is 0 Å². The highest BCUT2D eigenvalue weighted by Gasteiger charge is 2.33. The number of carbonyl (C=O) groups is 2. The van der Waals surface area contributed by atoms with Crippen molar-refractivity contribution >= 4 is 17.6 Å². The number of carbonyl (C=O) groups excluding carboxylic acids is 1. The summed E-state index contributed by atoms with van der Waals surface area (Å²) in [6.07, 6.45) is 3.38. The van der Waals surface area contributed by atoms with Crippen LogP contribution in [0, 0.1) is 0 Å². The normalized spacial score (nSPS) is 16.8. The average Bonchev–Trinajstić information content (AvgIpc) is 3.07. The SMILES string of the molecule is O=C(O)CC1CN(C(=O)Cn2cccn2)c2ccccc21. The molecule has 3 rings (SSSR count). The van der Waals surface area contributed by atoms with E-state index in [0.29, 0.717) is 6.54 Å². The molecule has 1 N–H and O–H groups in total. The van der Waals surface area contributed by atoms with Gasteiger partial charge in [-0.2, -0.15) is 5.10 Å². The van der Waals surface area contributed by atoms with Crippen molar-refractivity contribution in [2.45, 2.75) is 18.9 Å². The number of aliphatic carboxylic acids is 1. The van der Waals surface area contributed by atoms with Crippen LogP contribution in [0.25, 0.3) is 0 Å². The van der Waals surface area contributed by atoms with Gasteiger partial charge in [-0.3, -0.25) is 14.3 Å². The molecule has 2 aromatic rings. The Kier molecular flexibility index (Phi) is 3.43. The third-order valence-electron chi connectivity index (χ3n) is 3.65. The van der Waals surface area contributed by atoms with Crippen molar-refractivity contribution in [3.63, 3.8) is 0 Å². The van der Waals surface area contributed by atoms with Gasteiger partial charge in [0, 0.05) is 30.5 Å². The quantitative estimate of drug-likeness (QED) is 0.923. The third-order valence-corrected chi connectivity index (χ3v) is 3.65. The van der Waals surface area contributed by atoms with Crippen LogP contribution in [-0.4, -0.2) is 33.3 Å². The predicted molar refractivity (Wildman–Crippen MR) is 76.0 cm³/mol. The number of hydrogen-bond donors (Lipinski definition) is 1. The van der Waals surface area contributed by atoms with Gasteiger partial charge in [0.25, 0.3) is 0 Å². The largest absolute Gasteiger partial charge is 0.481 e. The maximum atomic E-state index is 12.4. The minimum absolute atomic E-state index is 0.0303. The van der Waals surface area contributed by atoms with Crippen molar-refractivity contribution in [2.24, 2.45) is 0 Å². The van der Waals surface area contributed by atoms with Crippen molar-refractivity contribution < 1.29 is 14.7 Å². The van der Waals surface area contributed by atoms with Crippen LogP contribution in [0.4, 0.5) is 5.69 Å². The van der Waals surface area contributed by atoms with Crippen LogP contribution in [0.5, 0.6) is 0 Å². The van der Waals surface area contributed by atoms with Gasteiger partial charge in [0.1, 0.15) is 6.54 Å². The molecule has 1 aliphatic heterocycles. The molecule has 0 saturated heterocycles. The first-order chi connectivity index (χ1) is 10.1. The molecule has 6 nitrogen and oxygen atoms in total. The fourth-order valence-corrected chi connectivity index (χ4v) is 2.74. The molecule has 2 heterocycles. The second kappa shape index (κ2) is 5.40. The van der Waals surface area contributed by atoms with E-state index in [1.807, 2.05) is 24.3 Å². The molecule has 6 heteroatoms. The van der Waals surface area contributed by atoms with E-state index in [0.717, 1.165) is 11.3 Å². The summed E-state index contributed by atoms with van der Waals surface area (Å²) in [4.78, 5) is 25.1. The maximum absolute atomic E-state index is 12.4. The summed E-state index contributed by atoms with van der Waals surface area (Å²) in [5, 5.41) is 13.0. The fourth-order valence-electron chi connectivity index (χ4n) is 2.74. The summed E-state index contributed by atoms with van der Waals surface area (Å²) in [7, 11) is 0. The maximum Gasteiger partial charge on any atom is 0.304 e. The molecule has 1 aromatic heterocycles. The zero-order valence-electron chi connectivity index (χ0n) is 11.3. The second-order valence-electron chi connectivity index (χ2n) is 5.06. The molecule has 1 amide bonds. The Morgan fingerprint density at radius 2 is 2.10 bits per heavy atom. The van der Waals surface area contributed by atoms with Crippen molar-refractivity contribution in [3.05, 3.63) is 48.3 Å². The Hall–Kier alpha value is -2.63. The monoisotopic (exact) mass is 285 g/mol. The molecule has 21 heavy (non-hydrogen) atoms. The van der Waals surface area contributed by atoms with Crippen LogP contribution in [0.1, 0.15) is 17.9 Å². The van der Waals surface area contributed by atoms with Crippen molar-refractivity contribution in [2.75, 3.05) is 11.4 Å². The van der Waals surface area contributed by atoms with Crippen LogP contribution in [-0.2, 0) is 16.1 Å². The van der Waals surface area contributed by atoms with Crippen LogP contribution in [0.2, 0.25) is 0 Å². The number of benzene rings is 1. The third kappa shape index (κ3) is 2.65. The van der Waals surface area contributed by atoms with Gasteiger partial charge in [-0.1, -0.05) is 18.2 Å². The van der Waals surface area contributed by atoms with E-state index < -0.39 is 5.97 Å². The summed E-state index contributed by atoms with van der Waals surface area (Å²) < 4.78 is 1.56. The Morgan fingerprint density at radius 1 is 1.29 bits per heavy atom. The smallest absolute Gasteiger partial charge is 0.304 e. The zero-order valence-corrected chi connectivity index (χ0v) is 11.3.